The van der Waals surface area contributed by atoms with Gasteiger partial charge in [-0.2, -0.15) is 4.98 Å². The molecule has 3 nitrogen and oxygen atoms in total. The Balaban J connectivity index is 1.72. The third-order valence-electron chi connectivity index (χ3n) is 4.65. The normalized spacial score (nSPS) is 11.3. The minimum absolute atomic E-state index is 0.636. The summed E-state index contributed by atoms with van der Waals surface area (Å²) in [4.78, 5) is 9.37. The molecule has 0 atom stereocenters. The van der Waals surface area contributed by atoms with Crippen molar-refractivity contribution in [2.45, 2.75) is 6.92 Å². The highest BCUT2D eigenvalue weighted by Crippen LogP contribution is 2.33. The summed E-state index contributed by atoms with van der Waals surface area (Å²) in [5.41, 5.74) is 5.69. The van der Waals surface area contributed by atoms with Crippen LogP contribution in [0, 0.1) is 6.92 Å². The Morgan fingerprint density at radius 2 is 1.38 bits per heavy atom. The van der Waals surface area contributed by atoms with E-state index in [0.717, 1.165) is 33.2 Å². The first-order chi connectivity index (χ1) is 12.8. The summed E-state index contributed by atoms with van der Waals surface area (Å²) in [5, 5.41) is 2.04. The first-order valence-corrected chi connectivity index (χ1v) is 8.61. The quantitative estimate of drug-likeness (QED) is 0.396. The molecule has 0 spiro atoms. The third-order valence-corrected chi connectivity index (χ3v) is 4.65. The summed E-state index contributed by atoms with van der Waals surface area (Å²) in [6.07, 6.45) is 0. The molecule has 2 aromatic heterocycles. The summed E-state index contributed by atoms with van der Waals surface area (Å²) < 4.78 is 6.11. The van der Waals surface area contributed by atoms with E-state index in [1.54, 1.807) is 0 Å². The molecule has 5 rings (SSSR count). The number of rotatable bonds is 2. The molecule has 0 aliphatic carbocycles. The highest BCUT2D eigenvalue weighted by Gasteiger charge is 2.15. The average Bonchev–Trinajstić information content (AvgIpc) is 3.07. The van der Waals surface area contributed by atoms with E-state index in [9.17, 15) is 0 Å². The van der Waals surface area contributed by atoms with E-state index < -0.39 is 0 Å². The van der Waals surface area contributed by atoms with Crippen LogP contribution in [0.2, 0.25) is 0 Å². The van der Waals surface area contributed by atoms with Crippen LogP contribution in [0.3, 0.4) is 0 Å². The fraction of sp³-hybridized carbons (Fsp3) is 0.0435. The molecule has 3 aromatic carbocycles. The molecule has 0 aliphatic rings. The van der Waals surface area contributed by atoms with Gasteiger partial charge in [-0.1, -0.05) is 66.7 Å². The van der Waals surface area contributed by atoms with E-state index in [1.807, 2.05) is 55.5 Å². The molecule has 0 radical (unpaired) electrons. The Morgan fingerprint density at radius 3 is 2.12 bits per heavy atom. The van der Waals surface area contributed by atoms with Gasteiger partial charge in [0.15, 0.2) is 5.82 Å². The number of aromatic nitrogens is 2. The molecule has 0 aliphatic heterocycles. The summed E-state index contributed by atoms with van der Waals surface area (Å²) in [5.74, 6) is 0.693. The van der Waals surface area contributed by atoms with Crippen LogP contribution < -0.4 is 0 Å². The number of aryl methyl sites for hydroxylation is 1. The van der Waals surface area contributed by atoms with Crippen LogP contribution in [0.15, 0.2) is 83.3 Å². The van der Waals surface area contributed by atoms with Crippen LogP contribution in [0.5, 0.6) is 0 Å². The van der Waals surface area contributed by atoms with E-state index in [-0.39, 0.29) is 0 Å². The summed E-state index contributed by atoms with van der Waals surface area (Å²) in [6, 6.07) is 26.6. The molecule has 0 unspecified atom stereocenters. The number of hydrogen-bond acceptors (Lipinski definition) is 3. The second kappa shape index (κ2) is 5.81. The van der Waals surface area contributed by atoms with Gasteiger partial charge in [0.25, 0.3) is 0 Å². The van der Waals surface area contributed by atoms with Crippen molar-refractivity contribution in [3.05, 3.63) is 84.6 Å². The van der Waals surface area contributed by atoms with Gasteiger partial charge in [-0.25, -0.2) is 4.98 Å². The minimum Gasteiger partial charge on any atom is -0.438 e. The van der Waals surface area contributed by atoms with E-state index in [1.165, 1.54) is 5.56 Å². The zero-order valence-electron chi connectivity index (χ0n) is 14.3. The molecular formula is C23H16N2O. The van der Waals surface area contributed by atoms with Crippen molar-refractivity contribution >= 4 is 22.1 Å². The highest BCUT2D eigenvalue weighted by molar-refractivity contribution is 6.06. The molecule has 26 heavy (non-hydrogen) atoms. The Hall–Kier alpha value is -3.46. The van der Waals surface area contributed by atoms with Crippen LogP contribution in [0.1, 0.15) is 5.69 Å². The summed E-state index contributed by atoms with van der Waals surface area (Å²) >= 11 is 0. The summed E-state index contributed by atoms with van der Waals surface area (Å²) in [6.45, 7) is 2.01. The molecule has 0 saturated carbocycles. The molecule has 0 amide bonds. The largest absolute Gasteiger partial charge is 0.438 e. The second-order valence-electron chi connectivity index (χ2n) is 6.36. The van der Waals surface area contributed by atoms with Gasteiger partial charge in [0.05, 0.1) is 11.1 Å². The summed E-state index contributed by atoms with van der Waals surface area (Å²) in [7, 11) is 0. The van der Waals surface area contributed by atoms with Crippen molar-refractivity contribution < 1.29 is 4.42 Å². The smallest absolute Gasteiger partial charge is 0.231 e. The lowest BCUT2D eigenvalue weighted by Crippen LogP contribution is -1.92. The molecule has 124 valence electrons. The van der Waals surface area contributed by atoms with Crippen molar-refractivity contribution in [1.29, 1.82) is 0 Å². The molecular weight excluding hydrogens is 320 g/mol. The van der Waals surface area contributed by atoms with Crippen molar-refractivity contribution in [2.75, 3.05) is 0 Å². The fourth-order valence-corrected chi connectivity index (χ4v) is 3.37. The van der Waals surface area contributed by atoms with Crippen LogP contribution in [0.25, 0.3) is 44.6 Å². The number of benzene rings is 3. The van der Waals surface area contributed by atoms with E-state index in [0.29, 0.717) is 11.5 Å². The van der Waals surface area contributed by atoms with Gasteiger partial charge in [-0.15, -0.1) is 0 Å². The van der Waals surface area contributed by atoms with Crippen molar-refractivity contribution in [2.24, 2.45) is 0 Å². The predicted molar refractivity (Wildman–Crippen MR) is 105 cm³/mol. The van der Waals surface area contributed by atoms with Gasteiger partial charge in [-0.3, -0.25) is 0 Å². The molecule has 0 bridgehead atoms. The maximum atomic E-state index is 6.11. The van der Waals surface area contributed by atoms with Gasteiger partial charge in [0.2, 0.25) is 5.71 Å². The highest BCUT2D eigenvalue weighted by atomic mass is 16.3. The molecule has 0 fully saturated rings. The van der Waals surface area contributed by atoms with Gasteiger partial charge in [0, 0.05) is 10.9 Å². The molecule has 3 heteroatoms. The van der Waals surface area contributed by atoms with Gasteiger partial charge in [0.1, 0.15) is 5.58 Å². The minimum atomic E-state index is 0.636. The van der Waals surface area contributed by atoms with Crippen LogP contribution >= 0.6 is 0 Å². The van der Waals surface area contributed by atoms with Gasteiger partial charge >= 0.3 is 0 Å². The van der Waals surface area contributed by atoms with Crippen LogP contribution in [-0.4, -0.2) is 9.97 Å². The Morgan fingerprint density at radius 1 is 0.692 bits per heavy atom. The Bertz CT molecular complexity index is 1230. The average molecular weight is 336 g/mol. The molecule has 0 saturated heterocycles. The Labute approximate surface area is 151 Å². The lowest BCUT2D eigenvalue weighted by Gasteiger charge is -2.02. The number of hydrogen-bond donors (Lipinski definition) is 0. The lowest BCUT2D eigenvalue weighted by atomic mass is 10.0. The van der Waals surface area contributed by atoms with Gasteiger partial charge in [-0.05, 0) is 30.2 Å². The first-order valence-electron chi connectivity index (χ1n) is 8.61. The van der Waals surface area contributed by atoms with E-state index >= 15 is 0 Å². The number of fused-ring (bicyclic) bond motifs is 3. The standard InChI is InChI=1S/C23H16N2O/c1-15-21-19-13-12-18(16-8-4-2-5-9-16)14-20(19)26-23(21)25-22(24-15)17-10-6-3-7-11-17/h2-14H,1H3. The second-order valence-corrected chi connectivity index (χ2v) is 6.36. The molecule has 5 aromatic rings. The van der Waals surface area contributed by atoms with E-state index in [4.69, 9.17) is 9.40 Å². The predicted octanol–water partition coefficient (Wildman–Crippen LogP) is 6.02. The molecule has 2 heterocycles. The fourth-order valence-electron chi connectivity index (χ4n) is 3.37. The SMILES string of the molecule is Cc1nc(-c2ccccc2)nc2oc3cc(-c4ccccc4)ccc3c12. The van der Waals surface area contributed by atoms with E-state index in [2.05, 4.69) is 35.3 Å². The molecule has 0 N–H and O–H groups in total. The first kappa shape index (κ1) is 14.8. The number of furan rings is 1. The van der Waals surface area contributed by atoms with Crippen molar-refractivity contribution in [1.82, 2.24) is 9.97 Å². The van der Waals surface area contributed by atoms with Gasteiger partial charge < -0.3 is 4.42 Å². The number of nitrogens with zero attached hydrogens (tertiary/aromatic N) is 2. The lowest BCUT2D eigenvalue weighted by molar-refractivity contribution is 0.653. The van der Waals surface area contributed by atoms with Crippen molar-refractivity contribution in [3.8, 4) is 22.5 Å². The van der Waals surface area contributed by atoms with Crippen LogP contribution in [0.4, 0.5) is 0 Å². The maximum absolute atomic E-state index is 6.11. The zero-order valence-corrected chi connectivity index (χ0v) is 14.3. The topological polar surface area (TPSA) is 38.9 Å². The third kappa shape index (κ3) is 2.37. The Kier molecular flexibility index (Phi) is 3.32. The monoisotopic (exact) mass is 336 g/mol. The van der Waals surface area contributed by atoms with Crippen molar-refractivity contribution in [3.63, 3.8) is 0 Å². The zero-order chi connectivity index (χ0) is 17.5. The maximum Gasteiger partial charge on any atom is 0.231 e. The van der Waals surface area contributed by atoms with Crippen LogP contribution in [-0.2, 0) is 0 Å².